The average Bonchev–Trinajstić information content (AvgIpc) is 2.74. The molecule has 1 atom stereocenters. The van der Waals surface area contributed by atoms with Crippen LogP contribution in [0.15, 0.2) is 11.6 Å². The molecule has 1 amide bonds. The smallest absolute Gasteiger partial charge is 0.249 e. The van der Waals surface area contributed by atoms with Gasteiger partial charge in [0, 0.05) is 31.2 Å². The van der Waals surface area contributed by atoms with Crippen LogP contribution in [0.25, 0.3) is 0 Å². The Labute approximate surface area is 132 Å². The Kier molecular flexibility index (Phi) is 4.34. The zero-order valence-corrected chi connectivity index (χ0v) is 14.0. The summed E-state index contributed by atoms with van der Waals surface area (Å²) < 4.78 is 29.7. The molecule has 5 nitrogen and oxygen atoms in total. The molecule has 0 aromatic heterocycles. The maximum atomic E-state index is 12.5. The third kappa shape index (κ3) is 2.50. The number of rotatable bonds is 4. The first-order valence-corrected chi connectivity index (χ1v) is 9.94. The van der Waals surface area contributed by atoms with E-state index < -0.39 is 14.6 Å². The highest BCUT2D eigenvalue weighted by molar-refractivity contribution is 7.93. The normalized spacial score (nSPS) is 29.2. The summed E-state index contributed by atoms with van der Waals surface area (Å²) in [6.45, 7) is 3.71. The highest BCUT2D eigenvalue weighted by Gasteiger charge is 2.62. The SMILES string of the molecule is CCOC[C@H]1CCS(=O)(=O)C12CN(C(=O)C1=CCCCC1)C2. The number of carbonyl (C=O) groups is 1. The summed E-state index contributed by atoms with van der Waals surface area (Å²) in [5.74, 6) is 0.305. The number of hydrogen-bond donors (Lipinski definition) is 0. The van der Waals surface area contributed by atoms with Gasteiger partial charge in [-0.3, -0.25) is 4.79 Å². The topological polar surface area (TPSA) is 63.7 Å². The van der Waals surface area contributed by atoms with Gasteiger partial charge in [0.05, 0.1) is 12.4 Å². The lowest BCUT2D eigenvalue weighted by Crippen LogP contribution is -2.69. The van der Waals surface area contributed by atoms with Crippen LogP contribution in [0.5, 0.6) is 0 Å². The Morgan fingerprint density at radius 2 is 2.18 bits per heavy atom. The van der Waals surface area contributed by atoms with Crippen LogP contribution in [0.2, 0.25) is 0 Å². The maximum absolute atomic E-state index is 12.5. The van der Waals surface area contributed by atoms with Gasteiger partial charge in [-0.05, 0) is 39.0 Å². The van der Waals surface area contributed by atoms with Crippen molar-refractivity contribution in [1.82, 2.24) is 4.90 Å². The van der Waals surface area contributed by atoms with E-state index in [2.05, 4.69) is 0 Å². The molecule has 0 saturated carbocycles. The van der Waals surface area contributed by atoms with Gasteiger partial charge in [-0.1, -0.05) is 6.08 Å². The van der Waals surface area contributed by atoms with Crippen molar-refractivity contribution in [3.05, 3.63) is 11.6 Å². The van der Waals surface area contributed by atoms with Crippen LogP contribution in [-0.2, 0) is 19.4 Å². The number of likely N-dealkylation sites (tertiary alicyclic amines) is 1. The molecule has 0 unspecified atom stereocenters. The lowest BCUT2D eigenvalue weighted by Gasteiger charge is -2.50. The fraction of sp³-hybridized carbons (Fsp3) is 0.812. The van der Waals surface area contributed by atoms with Crippen molar-refractivity contribution in [1.29, 1.82) is 0 Å². The van der Waals surface area contributed by atoms with Crippen LogP contribution in [0.3, 0.4) is 0 Å². The molecule has 0 aromatic carbocycles. The quantitative estimate of drug-likeness (QED) is 0.786. The minimum absolute atomic E-state index is 0.0295. The molecule has 0 N–H and O–H groups in total. The van der Waals surface area contributed by atoms with Crippen molar-refractivity contribution in [3.63, 3.8) is 0 Å². The van der Waals surface area contributed by atoms with Crippen LogP contribution in [-0.4, -0.2) is 56.0 Å². The van der Waals surface area contributed by atoms with E-state index in [1.54, 1.807) is 4.90 Å². The van der Waals surface area contributed by atoms with E-state index in [1.807, 2.05) is 13.0 Å². The number of sulfone groups is 1. The molecule has 2 heterocycles. The first-order valence-electron chi connectivity index (χ1n) is 8.28. The third-order valence-corrected chi connectivity index (χ3v) is 7.99. The van der Waals surface area contributed by atoms with Gasteiger partial charge in [0.2, 0.25) is 5.91 Å². The molecule has 1 spiro atoms. The first kappa shape index (κ1) is 16.0. The number of carbonyl (C=O) groups excluding carboxylic acids is 1. The Balaban J connectivity index is 1.70. The van der Waals surface area contributed by atoms with Gasteiger partial charge >= 0.3 is 0 Å². The molecule has 3 rings (SSSR count). The molecule has 1 aliphatic carbocycles. The lowest BCUT2D eigenvalue weighted by molar-refractivity contribution is -0.133. The Morgan fingerprint density at radius 1 is 1.41 bits per heavy atom. The van der Waals surface area contributed by atoms with Crippen molar-refractivity contribution < 1.29 is 17.9 Å². The average molecular weight is 327 g/mol. The highest BCUT2D eigenvalue weighted by atomic mass is 32.2. The number of amides is 1. The van der Waals surface area contributed by atoms with Crippen molar-refractivity contribution in [3.8, 4) is 0 Å². The van der Waals surface area contributed by atoms with Gasteiger partial charge in [-0.15, -0.1) is 0 Å². The molecule has 3 aliphatic rings. The van der Waals surface area contributed by atoms with Crippen molar-refractivity contribution in [2.45, 2.75) is 43.8 Å². The van der Waals surface area contributed by atoms with Gasteiger partial charge in [0.25, 0.3) is 0 Å². The van der Waals surface area contributed by atoms with Crippen molar-refractivity contribution in [2.24, 2.45) is 5.92 Å². The molecule has 22 heavy (non-hydrogen) atoms. The summed E-state index contributed by atoms with van der Waals surface area (Å²) in [5, 5.41) is 0. The summed E-state index contributed by atoms with van der Waals surface area (Å²) >= 11 is 0. The molecular weight excluding hydrogens is 302 g/mol. The van der Waals surface area contributed by atoms with Crippen LogP contribution < -0.4 is 0 Å². The summed E-state index contributed by atoms with van der Waals surface area (Å²) in [4.78, 5) is 14.2. The fourth-order valence-corrected chi connectivity index (χ4v) is 6.35. The van der Waals surface area contributed by atoms with Gasteiger partial charge in [-0.2, -0.15) is 0 Å². The molecule has 0 aromatic rings. The highest BCUT2D eigenvalue weighted by Crippen LogP contribution is 2.45. The Hall–Kier alpha value is -0.880. The standard InChI is InChI=1S/C16H25NO4S/c1-2-21-10-14-8-9-22(19,20)16(14)11-17(12-16)15(18)13-6-4-3-5-7-13/h6,14H,2-5,7-12H2,1H3/t14-/m1/s1. The van der Waals surface area contributed by atoms with Crippen LogP contribution in [0.4, 0.5) is 0 Å². The number of hydrogen-bond acceptors (Lipinski definition) is 4. The largest absolute Gasteiger partial charge is 0.381 e. The van der Waals surface area contributed by atoms with Crippen LogP contribution >= 0.6 is 0 Å². The molecule has 0 radical (unpaired) electrons. The van der Waals surface area contributed by atoms with E-state index in [4.69, 9.17) is 4.74 Å². The van der Waals surface area contributed by atoms with E-state index in [0.29, 0.717) is 32.7 Å². The second-order valence-electron chi connectivity index (χ2n) is 6.67. The summed E-state index contributed by atoms with van der Waals surface area (Å²) in [7, 11) is -3.12. The second kappa shape index (κ2) is 5.96. The van der Waals surface area contributed by atoms with Crippen molar-refractivity contribution >= 4 is 15.7 Å². The second-order valence-corrected chi connectivity index (χ2v) is 9.12. The van der Waals surface area contributed by atoms with E-state index in [1.165, 1.54) is 0 Å². The fourth-order valence-electron chi connectivity index (χ4n) is 3.95. The van der Waals surface area contributed by atoms with Crippen LogP contribution in [0, 0.1) is 5.92 Å². The zero-order valence-electron chi connectivity index (χ0n) is 13.2. The third-order valence-electron chi connectivity index (χ3n) is 5.39. The van der Waals surface area contributed by atoms with Gasteiger partial charge in [0.1, 0.15) is 4.75 Å². The predicted molar refractivity (Wildman–Crippen MR) is 84.2 cm³/mol. The molecule has 6 heteroatoms. The Morgan fingerprint density at radius 3 is 2.82 bits per heavy atom. The number of ether oxygens (including phenoxy) is 1. The lowest BCUT2D eigenvalue weighted by atomic mass is 9.83. The summed E-state index contributed by atoms with van der Waals surface area (Å²) in [6, 6.07) is 0. The first-order chi connectivity index (χ1) is 10.5. The van der Waals surface area contributed by atoms with Gasteiger partial charge in [0.15, 0.2) is 9.84 Å². The van der Waals surface area contributed by atoms with Crippen molar-refractivity contribution in [2.75, 3.05) is 32.1 Å². The van der Waals surface area contributed by atoms with Gasteiger partial charge in [-0.25, -0.2) is 8.42 Å². The molecule has 2 aliphatic heterocycles. The maximum Gasteiger partial charge on any atom is 0.249 e. The molecule has 2 saturated heterocycles. The molecular formula is C16H25NO4S. The zero-order chi connectivity index (χ0) is 15.8. The van der Waals surface area contributed by atoms with E-state index >= 15 is 0 Å². The van der Waals surface area contributed by atoms with Crippen LogP contribution in [0.1, 0.15) is 39.0 Å². The summed E-state index contributed by atoms with van der Waals surface area (Å²) in [5.41, 5.74) is 0.873. The van der Waals surface area contributed by atoms with Gasteiger partial charge < -0.3 is 9.64 Å². The van der Waals surface area contributed by atoms with E-state index in [0.717, 1.165) is 31.3 Å². The predicted octanol–water partition coefficient (Wildman–Crippen LogP) is 1.54. The minimum Gasteiger partial charge on any atom is -0.381 e. The molecule has 0 bridgehead atoms. The number of allylic oxidation sites excluding steroid dienone is 1. The van der Waals surface area contributed by atoms with E-state index in [9.17, 15) is 13.2 Å². The summed E-state index contributed by atoms with van der Waals surface area (Å²) in [6.07, 6.45) is 6.68. The molecule has 2 fully saturated rings. The number of nitrogens with zero attached hydrogens (tertiary/aromatic N) is 1. The monoisotopic (exact) mass is 327 g/mol. The molecule has 124 valence electrons. The minimum atomic E-state index is -3.12. The Bertz CT molecular complexity index is 575. The van der Waals surface area contributed by atoms with E-state index in [-0.39, 0.29) is 17.6 Å².